The predicted octanol–water partition coefficient (Wildman–Crippen LogP) is 7.30. The predicted molar refractivity (Wildman–Crippen MR) is 152 cm³/mol. The van der Waals surface area contributed by atoms with Gasteiger partial charge in [-0.15, -0.1) is 36.4 Å². The first-order chi connectivity index (χ1) is 18.8. The van der Waals surface area contributed by atoms with E-state index in [1.165, 1.54) is 5.56 Å². The minimum absolute atomic E-state index is 0. The molecule has 2 heterocycles. The van der Waals surface area contributed by atoms with Gasteiger partial charge in [0, 0.05) is 29.7 Å². The van der Waals surface area contributed by atoms with Gasteiger partial charge in [-0.1, -0.05) is 78.1 Å². The van der Waals surface area contributed by atoms with Gasteiger partial charge in [0.25, 0.3) is 0 Å². The fraction of sp³-hybridized carbons (Fsp3) is 0.0303. The summed E-state index contributed by atoms with van der Waals surface area (Å²) in [5, 5.41) is 11.7. The SMILES string of the molecule is [Pt+2].[c-]1c(N(Cc2ccccc2)c2[c-]c(-n3cc4ccccc4n3)ccc2)cccc1-n1cc2ccccc2n1. The monoisotopic (exact) mass is 684 g/mol. The van der Waals surface area contributed by atoms with Crippen LogP contribution in [0.5, 0.6) is 0 Å². The van der Waals surface area contributed by atoms with Gasteiger partial charge in [0.05, 0.1) is 11.0 Å². The molecule has 0 N–H and O–H groups in total. The van der Waals surface area contributed by atoms with Crippen molar-refractivity contribution in [2.24, 2.45) is 0 Å². The summed E-state index contributed by atoms with van der Waals surface area (Å²) in [6.45, 7) is 0.670. The van der Waals surface area contributed by atoms with Gasteiger partial charge in [-0.3, -0.25) is 9.36 Å². The van der Waals surface area contributed by atoms with Crippen molar-refractivity contribution in [3.63, 3.8) is 0 Å². The molecule has 7 aromatic rings. The molecule has 39 heavy (non-hydrogen) atoms. The second-order valence-corrected chi connectivity index (χ2v) is 9.18. The molecular formula is C33H23N5Pt. The molecule has 0 fully saturated rings. The molecule has 0 unspecified atom stereocenters. The maximum atomic E-state index is 4.76. The molecule has 2 aromatic heterocycles. The zero-order valence-corrected chi connectivity index (χ0v) is 23.2. The van der Waals surface area contributed by atoms with Gasteiger partial charge in [-0.05, 0) is 29.1 Å². The van der Waals surface area contributed by atoms with E-state index in [0.29, 0.717) is 6.54 Å². The minimum Gasteiger partial charge on any atom is -0.383 e. The Morgan fingerprint density at radius 2 is 1.03 bits per heavy atom. The molecule has 0 atom stereocenters. The van der Waals surface area contributed by atoms with E-state index in [-0.39, 0.29) is 21.1 Å². The van der Waals surface area contributed by atoms with Crippen LogP contribution in [0.4, 0.5) is 11.4 Å². The van der Waals surface area contributed by atoms with Gasteiger partial charge in [-0.2, -0.15) is 22.3 Å². The van der Waals surface area contributed by atoms with E-state index in [0.717, 1.165) is 44.6 Å². The maximum Gasteiger partial charge on any atom is 2.00 e. The molecule has 0 aliphatic heterocycles. The molecule has 5 nitrogen and oxygen atoms in total. The van der Waals surface area contributed by atoms with Crippen molar-refractivity contribution in [3.8, 4) is 11.4 Å². The summed E-state index contributed by atoms with van der Waals surface area (Å²) in [4.78, 5) is 2.23. The molecule has 0 amide bonds. The fourth-order valence-electron chi connectivity index (χ4n) is 4.71. The van der Waals surface area contributed by atoms with E-state index < -0.39 is 0 Å². The molecule has 7 rings (SSSR count). The molecule has 0 bridgehead atoms. The first-order valence-corrected chi connectivity index (χ1v) is 12.6. The van der Waals surface area contributed by atoms with E-state index in [4.69, 9.17) is 10.2 Å². The van der Waals surface area contributed by atoms with E-state index in [1.54, 1.807) is 0 Å². The van der Waals surface area contributed by atoms with E-state index in [9.17, 15) is 0 Å². The third-order valence-electron chi connectivity index (χ3n) is 6.61. The number of benzene rings is 5. The van der Waals surface area contributed by atoms with Crippen LogP contribution in [0.3, 0.4) is 0 Å². The van der Waals surface area contributed by atoms with Crippen LogP contribution in [-0.4, -0.2) is 19.6 Å². The van der Waals surface area contributed by atoms with Crippen LogP contribution in [0, 0.1) is 12.1 Å². The van der Waals surface area contributed by atoms with Crippen LogP contribution >= 0.6 is 0 Å². The maximum absolute atomic E-state index is 4.76. The molecule has 0 saturated carbocycles. The van der Waals surface area contributed by atoms with Gasteiger partial charge in [0.2, 0.25) is 0 Å². The third-order valence-corrected chi connectivity index (χ3v) is 6.61. The van der Waals surface area contributed by atoms with Crippen LogP contribution in [-0.2, 0) is 27.6 Å². The third kappa shape index (κ3) is 5.01. The van der Waals surface area contributed by atoms with Gasteiger partial charge < -0.3 is 4.90 Å². The molecule has 0 aliphatic rings. The molecule has 0 spiro atoms. The summed E-state index contributed by atoms with van der Waals surface area (Å²) in [6.07, 6.45) is 4.09. The van der Waals surface area contributed by atoms with Gasteiger partial charge >= 0.3 is 21.1 Å². The van der Waals surface area contributed by atoms with Crippen molar-refractivity contribution in [3.05, 3.63) is 145 Å². The Hall–Kier alpha value is -4.47. The largest absolute Gasteiger partial charge is 2.00 e. The standard InChI is InChI=1S/C33H23N5.Pt/c1-2-10-25(11-3-1)22-36(28-14-8-16-30(20-28)37-23-26-12-4-6-18-32(26)34-37)29-15-9-17-31(21-29)38-24-27-13-5-7-19-33(27)35-38;/h1-19,23-24H,22H2;/q-2;+2. The van der Waals surface area contributed by atoms with E-state index >= 15 is 0 Å². The Morgan fingerprint density at radius 1 is 0.538 bits per heavy atom. The molecule has 0 radical (unpaired) electrons. The number of nitrogens with zero attached hydrogens (tertiary/aromatic N) is 5. The second kappa shape index (κ2) is 10.7. The molecule has 0 saturated heterocycles. The Labute approximate surface area is 241 Å². The topological polar surface area (TPSA) is 38.9 Å². The number of fused-ring (bicyclic) bond motifs is 2. The Kier molecular flexibility index (Phi) is 6.83. The summed E-state index contributed by atoms with van der Waals surface area (Å²) in [6, 6.07) is 46.3. The van der Waals surface area contributed by atoms with E-state index in [1.807, 2.05) is 76.4 Å². The first-order valence-electron chi connectivity index (χ1n) is 12.6. The smallest absolute Gasteiger partial charge is 0.383 e. The summed E-state index contributed by atoms with van der Waals surface area (Å²) in [7, 11) is 0. The first kappa shape index (κ1) is 24.8. The van der Waals surface area contributed by atoms with Crippen molar-refractivity contribution >= 4 is 33.2 Å². The number of hydrogen-bond acceptors (Lipinski definition) is 3. The Morgan fingerprint density at radius 3 is 1.54 bits per heavy atom. The van der Waals surface area contributed by atoms with Crippen LogP contribution < -0.4 is 4.90 Å². The summed E-state index contributed by atoms with van der Waals surface area (Å²) in [5.74, 6) is 0. The van der Waals surface area contributed by atoms with Crippen LogP contribution in [0.1, 0.15) is 5.56 Å². The van der Waals surface area contributed by atoms with Crippen LogP contribution in [0.15, 0.2) is 128 Å². The summed E-state index contributed by atoms with van der Waals surface area (Å²) >= 11 is 0. The minimum atomic E-state index is 0. The average molecular weight is 685 g/mol. The molecular weight excluding hydrogens is 661 g/mol. The fourth-order valence-corrected chi connectivity index (χ4v) is 4.71. The van der Waals surface area contributed by atoms with Crippen LogP contribution in [0.2, 0.25) is 0 Å². The van der Waals surface area contributed by atoms with Gasteiger partial charge in [0.1, 0.15) is 0 Å². The Bertz CT molecular complexity index is 1690. The van der Waals surface area contributed by atoms with Gasteiger partial charge in [0.15, 0.2) is 0 Å². The summed E-state index contributed by atoms with van der Waals surface area (Å²) in [5.41, 5.74) is 6.74. The quantitative estimate of drug-likeness (QED) is 0.173. The number of aromatic nitrogens is 4. The number of anilines is 2. The van der Waals surface area contributed by atoms with E-state index in [2.05, 4.69) is 77.7 Å². The van der Waals surface area contributed by atoms with Crippen molar-refractivity contribution < 1.29 is 21.1 Å². The van der Waals surface area contributed by atoms with Gasteiger partial charge in [-0.25, -0.2) is 0 Å². The van der Waals surface area contributed by atoms with Crippen LogP contribution in [0.25, 0.3) is 33.2 Å². The van der Waals surface area contributed by atoms with Crippen molar-refractivity contribution in [2.45, 2.75) is 6.54 Å². The van der Waals surface area contributed by atoms with Crippen molar-refractivity contribution in [2.75, 3.05) is 4.90 Å². The normalized spacial score (nSPS) is 11.0. The van der Waals surface area contributed by atoms with Crippen molar-refractivity contribution in [1.29, 1.82) is 0 Å². The molecule has 190 valence electrons. The van der Waals surface area contributed by atoms with Crippen molar-refractivity contribution in [1.82, 2.24) is 19.6 Å². The molecule has 6 heteroatoms. The zero-order valence-electron chi connectivity index (χ0n) is 20.9. The summed E-state index contributed by atoms with van der Waals surface area (Å²) < 4.78 is 3.79. The second-order valence-electron chi connectivity index (χ2n) is 9.18. The Balaban J connectivity index is 0.00000277. The molecule has 0 aliphatic carbocycles. The number of hydrogen-bond donors (Lipinski definition) is 0. The number of rotatable bonds is 6. The molecule has 5 aromatic carbocycles. The zero-order chi connectivity index (χ0) is 25.3. The average Bonchev–Trinajstić information content (AvgIpc) is 3.61.